The van der Waals surface area contributed by atoms with Gasteiger partial charge in [0.05, 0.1) is 0 Å². The van der Waals surface area contributed by atoms with Crippen molar-refractivity contribution in [3.8, 4) is 0 Å². The van der Waals surface area contributed by atoms with Gasteiger partial charge < -0.3 is 31.5 Å². The molecule has 22 heavy (non-hydrogen) atoms. The molecule has 1 aromatic rings. The van der Waals surface area contributed by atoms with Crippen LogP contribution in [0.2, 0.25) is 6.32 Å². The van der Waals surface area contributed by atoms with E-state index >= 15 is 0 Å². The molecular formula is C12H18BN3O6. The van der Waals surface area contributed by atoms with E-state index < -0.39 is 35.4 Å². The summed E-state index contributed by atoms with van der Waals surface area (Å²) in [6.45, 7) is 0.0586. The van der Waals surface area contributed by atoms with Crippen LogP contribution in [-0.2, 0) is 4.79 Å². The van der Waals surface area contributed by atoms with Crippen LogP contribution >= 0.6 is 0 Å². The lowest BCUT2D eigenvalue weighted by atomic mass is 9.78. The number of hydrogen-bond acceptors (Lipinski definition) is 8. The first-order valence-corrected chi connectivity index (χ1v) is 6.90. The van der Waals surface area contributed by atoms with Gasteiger partial charge in [-0.2, -0.15) is 0 Å². The Labute approximate surface area is 126 Å². The lowest BCUT2D eigenvalue weighted by molar-refractivity contribution is -0.144. The maximum absolute atomic E-state index is 11.6. The predicted octanol–water partition coefficient (Wildman–Crippen LogP) is -2.66. The molecule has 10 heteroatoms. The van der Waals surface area contributed by atoms with E-state index in [1.54, 1.807) is 0 Å². The van der Waals surface area contributed by atoms with E-state index in [2.05, 4.69) is 0 Å². The minimum Gasteiger partial charge on any atom is -0.480 e. The Kier molecular flexibility index (Phi) is 4.27. The van der Waals surface area contributed by atoms with Crippen LogP contribution < -0.4 is 27.2 Å². The third-order valence-electron chi connectivity index (χ3n) is 4.27. The Balaban J connectivity index is 2.17. The maximum atomic E-state index is 11.6. The van der Waals surface area contributed by atoms with Crippen molar-refractivity contribution in [1.82, 2.24) is 0 Å². The first-order chi connectivity index (χ1) is 10.2. The van der Waals surface area contributed by atoms with Crippen LogP contribution in [0.4, 0.5) is 11.4 Å². The molecule has 2 atom stereocenters. The summed E-state index contributed by atoms with van der Waals surface area (Å²) in [5, 5.41) is 27.1. The summed E-state index contributed by atoms with van der Waals surface area (Å²) >= 11 is 0. The van der Waals surface area contributed by atoms with Crippen LogP contribution in [0.15, 0.2) is 9.59 Å². The Hall–Kier alpha value is -1.91. The first kappa shape index (κ1) is 16.5. The summed E-state index contributed by atoms with van der Waals surface area (Å²) in [7, 11) is -1.46. The van der Waals surface area contributed by atoms with Crippen molar-refractivity contribution in [2.24, 2.45) is 11.7 Å². The van der Waals surface area contributed by atoms with Gasteiger partial charge in [-0.25, -0.2) is 0 Å². The van der Waals surface area contributed by atoms with Gasteiger partial charge in [0.2, 0.25) is 0 Å². The second kappa shape index (κ2) is 5.71. The van der Waals surface area contributed by atoms with Crippen LogP contribution in [0.3, 0.4) is 0 Å². The maximum Gasteiger partial charge on any atom is 0.451 e. The fourth-order valence-electron chi connectivity index (χ4n) is 2.96. The van der Waals surface area contributed by atoms with E-state index in [1.807, 2.05) is 0 Å². The van der Waals surface area contributed by atoms with Crippen LogP contribution in [0.5, 0.6) is 0 Å². The Bertz CT molecular complexity index is 656. The normalized spacial score (nSPS) is 24.9. The molecule has 1 saturated heterocycles. The zero-order chi connectivity index (χ0) is 16.7. The average molecular weight is 311 g/mol. The fraction of sp³-hybridized carbons (Fsp3) is 0.583. The van der Waals surface area contributed by atoms with Gasteiger partial charge in [-0.1, -0.05) is 6.42 Å². The number of carbonyl (C=O) groups is 1. The molecule has 0 aliphatic carbocycles. The van der Waals surface area contributed by atoms with E-state index in [4.69, 9.17) is 21.5 Å². The highest BCUT2D eigenvalue weighted by Gasteiger charge is 2.50. The largest absolute Gasteiger partial charge is 0.480 e. The fourth-order valence-corrected chi connectivity index (χ4v) is 2.96. The Morgan fingerprint density at radius 2 is 2.00 bits per heavy atom. The number of aliphatic carboxylic acids is 1. The van der Waals surface area contributed by atoms with Gasteiger partial charge in [-0.15, -0.1) is 0 Å². The van der Waals surface area contributed by atoms with Crippen molar-refractivity contribution in [3.63, 3.8) is 0 Å². The van der Waals surface area contributed by atoms with Crippen LogP contribution in [0, 0.1) is 5.92 Å². The third kappa shape index (κ3) is 2.60. The molecule has 1 aliphatic rings. The number of nitrogen functional groups attached to an aromatic ring is 1. The molecule has 1 heterocycles. The lowest BCUT2D eigenvalue weighted by Crippen LogP contribution is -2.55. The van der Waals surface area contributed by atoms with Gasteiger partial charge in [0, 0.05) is 19.0 Å². The Morgan fingerprint density at radius 1 is 1.36 bits per heavy atom. The van der Waals surface area contributed by atoms with Crippen molar-refractivity contribution >= 4 is 24.5 Å². The predicted molar refractivity (Wildman–Crippen MR) is 80.3 cm³/mol. The van der Waals surface area contributed by atoms with Crippen molar-refractivity contribution in [3.05, 3.63) is 20.4 Å². The molecule has 2 rings (SSSR count). The van der Waals surface area contributed by atoms with Gasteiger partial charge >= 0.3 is 13.1 Å². The molecule has 0 bridgehead atoms. The summed E-state index contributed by atoms with van der Waals surface area (Å²) in [4.78, 5) is 35.7. The monoisotopic (exact) mass is 311 g/mol. The van der Waals surface area contributed by atoms with E-state index in [1.165, 1.54) is 4.90 Å². The number of rotatable bonds is 6. The van der Waals surface area contributed by atoms with E-state index in [-0.39, 0.29) is 30.8 Å². The van der Waals surface area contributed by atoms with Crippen LogP contribution in [-0.4, -0.2) is 46.9 Å². The summed E-state index contributed by atoms with van der Waals surface area (Å²) in [6.07, 6.45) is 0.838. The highest BCUT2D eigenvalue weighted by Crippen LogP contribution is 2.34. The number of carboxylic acid groups (broad SMARTS) is 1. The molecule has 9 nitrogen and oxygen atoms in total. The summed E-state index contributed by atoms with van der Waals surface area (Å²) in [6, 6.07) is 0. The molecule has 120 valence electrons. The second-order valence-corrected chi connectivity index (χ2v) is 5.76. The lowest BCUT2D eigenvalue weighted by Gasteiger charge is -2.25. The molecule has 0 spiro atoms. The van der Waals surface area contributed by atoms with Crippen molar-refractivity contribution < 1.29 is 19.9 Å². The summed E-state index contributed by atoms with van der Waals surface area (Å²) < 4.78 is 0. The minimum atomic E-state index is -1.58. The molecule has 0 amide bonds. The number of nitrogens with two attached hydrogens (primary N) is 2. The molecule has 1 aromatic carbocycles. The van der Waals surface area contributed by atoms with Crippen molar-refractivity contribution in [2.75, 3.05) is 23.7 Å². The van der Waals surface area contributed by atoms with E-state index in [9.17, 15) is 19.5 Å². The highest BCUT2D eigenvalue weighted by atomic mass is 16.4. The van der Waals surface area contributed by atoms with Gasteiger partial charge in [0.1, 0.15) is 16.9 Å². The third-order valence-corrected chi connectivity index (χ3v) is 4.27. The minimum absolute atomic E-state index is 0.0331. The zero-order valence-corrected chi connectivity index (χ0v) is 11.9. The molecule has 7 N–H and O–H groups in total. The average Bonchev–Trinajstić information content (AvgIpc) is 2.76. The van der Waals surface area contributed by atoms with Crippen LogP contribution in [0.25, 0.3) is 0 Å². The molecule has 0 radical (unpaired) electrons. The molecule has 0 saturated carbocycles. The van der Waals surface area contributed by atoms with Gasteiger partial charge in [-0.05, 0) is 12.7 Å². The number of anilines is 2. The number of hydrogen-bond donors (Lipinski definition) is 5. The highest BCUT2D eigenvalue weighted by molar-refractivity contribution is 6.40. The summed E-state index contributed by atoms with van der Waals surface area (Å²) in [5.74, 6) is -1.70. The van der Waals surface area contributed by atoms with E-state index in [0.717, 1.165) is 0 Å². The topological polar surface area (TPSA) is 167 Å². The van der Waals surface area contributed by atoms with Crippen molar-refractivity contribution in [1.29, 1.82) is 0 Å². The molecule has 0 unspecified atom stereocenters. The first-order valence-electron chi connectivity index (χ1n) is 6.90. The number of nitrogens with zero attached hydrogens (tertiary/aromatic N) is 1. The molecule has 1 aliphatic heterocycles. The second-order valence-electron chi connectivity index (χ2n) is 5.76. The number of carboxylic acids is 1. The molecular weight excluding hydrogens is 293 g/mol. The van der Waals surface area contributed by atoms with Gasteiger partial charge in [0.25, 0.3) is 10.9 Å². The SMILES string of the molecule is Nc1c(N2C[C@@H](CCCB(O)O)[C@@](N)(C(=O)O)C2)c(=O)c1=O. The molecule has 1 fully saturated rings. The van der Waals surface area contributed by atoms with Gasteiger partial charge in [0.15, 0.2) is 0 Å². The summed E-state index contributed by atoms with van der Waals surface area (Å²) in [5.41, 5.74) is 8.27. The molecule has 0 aromatic heterocycles. The Morgan fingerprint density at radius 3 is 2.50 bits per heavy atom. The quantitative estimate of drug-likeness (QED) is 0.278. The van der Waals surface area contributed by atoms with Crippen LogP contribution in [0.1, 0.15) is 12.8 Å². The van der Waals surface area contributed by atoms with Crippen molar-refractivity contribution in [2.45, 2.75) is 24.7 Å². The zero-order valence-electron chi connectivity index (χ0n) is 11.9. The van der Waals surface area contributed by atoms with E-state index in [0.29, 0.717) is 12.8 Å². The standard InChI is InChI=1S/C12H18BN3O6/c14-7-8(10(18)9(7)17)16-4-6(2-1-3-13(21)22)12(15,5-16)11(19)20/h6,21-22H,1-5,14-15H2,(H,19,20)/t6-,12-/m1/s1. The smallest absolute Gasteiger partial charge is 0.451 e. The van der Waals surface area contributed by atoms with Gasteiger partial charge in [-0.3, -0.25) is 14.4 Å².